The molecular formula is C20H21N3O2. The van der Waals surface area contributed by atoms with Crippen LogP contribution in [0, 0.1) is 13.8 Å². The fraction of sp³-hybridized carbons (Fsp3) is 0.200. The summed E-state index contributed by atoms with van der Waals surface area (Å²) in [4.78, 5) is 4.60. The lowest BCUT2D eigenvalue weighted by Crippen LogP contribution is -1.98. The first-order chi connectivity index (χ1) is 12.1. The first-order valence-corrected chi connectivity index (χ1v) is 8.00. The van der Waals surface area contributed by atoms with Gasteiger partial charge < -0.3 is 9.47 Å². The molecule has 0 unspecified atom stereocenters. The van der Waals surface area contributed by atoms with Crippen LogP contribution in [0.5, 0.6) is 11.5 Å². The molecule has 0 aliphatic carbocycles. The maximum atomic E-state index is 5.40. The molecule has 0 radical (unpaired) electrons. The van der Waals surface area contributed by atoms with Crippen molar-refractivity contribution in [2.75, 3.05) is 19.6 Å². The van der Waals surface area contributed by atoms with E-state index >= 15 is 0 Å². The average molecular weight is 335 g/mol. The van der Waals surface area contributed by atoms with Crippen molar-refractivity contribution in [1.29, 1.82) is 0 Å². The minimum absolute atomic E-state index is 0.647. The Morgan fingerprint density at radius 3 is 2.64 bits per heavy atom. The van der Waals surface area contributed by atoms with E-state index in [9.17, 15) is 0 Å². The lowest BCUT2D eigenvalue weighted by Gasteiger charge is -2.10. The van der Waals surface area contributed by atoms with Crippen molar-refractivity contribution in [3.05, 3.63) is 59.2 Å². The van der Waals surface area contributed by atoms with Gasteiger partial charge in [-0.1, -0.05) is 17.7 Å². The van der Waals surface area contributed by atoms with Gasteiger partial charge in [-0.3, -0.25) is 5.43 Å². The zero-order chi connectivity index (χ0) is 17.8. The van der Waals surface area contributed by atoms with E-state index in [0.717, 1.165) is 22.0 Å². The Hall–Kier alpha value is -3.08. The first kappa shape index (κ1) is 16.8. The minimum atomic E-state index is 0.647. The number of fused-ring (bicyclic) bond motifs is 1. The summed E-state index contributed by atoms with van der Waals surface area (Å²) >= 11 is 0. The van der Waals surface area contributed by atoms with Crippen LogP contribution in [0.3, 0.4) is 0 Å². The van der Waals surface area contributed by atoms with Crippen molar-refractivity contribution in [1.82, 2.24) is 4.98 Å². The maximum absolute atomic E-state index is 5.40. The normalized spacial score (nSPS) is 11.0. The van der Waals surface area contributed by atoms with E-state index in [1.165, 1.54) is 5.56 Å². The molecule has 2 aromatic carbocycles. The van der Waals surface area contributed by atoms with Crippen molar-refractivity contribution in [3.63, 3.8) is 0 Å². The molecule has 1 aromatic heterocycles. The summed E-state index contributed by atoms with van der Waals surface area (Å²) in [6, 6.07) is 13.9. The molecule has 3 rings (SSSR count). The SMILES string of the molecule is COc1cccc(C=NNc2cc(C)c3cc(C)ccc3n2)c1OC. The van der Waals surface area contributed by atoms with Crippen molar-refractivity contribution in [2.24, 2.45) is 5.10 Å². The highest BCUT2D eigenvalue weighted by atomic mass is 16.5. The molecule has 0 saturated carbocycles. The second-order valence-electron chi connectivity index (χ2n) is 5.80. The number of hydrazone groups is 1. The number of ether oxygens (including phenoxy) is 2. The van der Waals surface area contributed by atoms with Gasteiger partial charge in [0.15, 0.2) is 11.5 Å². The molecule has 1 heterocycles. The van der Waals surface area contributed by atoms with Gasteiger partial charge in [0.25, 0.3) is 0 Å². The monoisotopic (exact) mass is 335 g/mol. The van der Waals surface area contributed by atoms with E-state index in [1.807, 2.05) is 30.3 Å². The average Bonchev–Trinajstić information content (AvgIpc) is 2.62. The summed E-state index contributed by atoms with van der Waals surface area (Å²) in [6.07, 6.45) is 1.69. The Labute approximate surface area is 147 Å². The van der Waals surface area contributed by atoms with Crippen molar-refractivity contribution >= 4 is 22.9 Å². The molecule has 1 N–H and O–H groups in total. The number of aromatic nitrogens is 1. The first-order valence-electron chi connectivity index (χ1n) is 8.00. The summed E-state index contributed by atoms with van der Waals surface area (Å²) in [7, 11) is 3.22. The molecular weight excluding hydrogens is 314 g/mol. The molecule has 0 aliphatic heterocycles. The van der Waals surface area contributed by atoms with Crippen molar-refractivity contribution in [2.45, 2.75) is 13.8 Å². The molecule has 128 valence electrons. The maximum Gasteiger partial charge on any atom is 0.169 e. The van der Waals surface area contributed by atoms with E-state index in [-0.39, 0.29) is 0 Å². The molecule has 0 fully saturated rings. The number of hydrogen-bond acceptors (Lipinski definition) is 5. The number of aryl methyl sites for hydroxylation is 2. The van der Waals surface area contributed by atoms with Crippen LogP contribution in [0.15, 0.2) is 47.6 Å². The molecule has 0 amide bonds. The van der Waals surface area contributed by atoms with Crippen molar-refractivity contribution in [3.8, 4) is 11.5 Å². The van der Waals surface area contributed by atoms with Crippen LogP contribution in [0.1, 0.15) is 16.7 Å². The van der Waals surface area contributed by atoms with Gasteiger partial charge in [0, 0.05) is 10.9 Å². The van der Waals surface area contributed by atoms with Crippen LogP contribution < -0.4 is 14.9 Å². The number of methoxy groups -OCH3 is 2. The summed E-state index contributed by atoms with van der Waals surface area (Å²) in [5.74, 6) is 2.02. The van der Waals surface area contributed by atoms with Crippen LogP contribution in [0.2, 0.25) is 0 Å². The minimum Gasteiger partial charge on any atom is -0.493 e. The van der Waals surface area contributed by atoms with Gasteiger partial charge in [0.1, 0.15) is 5.82 Å². The zero-order valence-electron chi connectivity index (χ0n) is 14.8. The lowest BCUT2D eigenvalue weighted by molar-refractivity contribution is 0.354. The van der Waals surface area contributed by atoms with Gasteiger partial charge in [-0.25, -0.2) is 4.98 Å². The van der Waals surface area contributed by atoms with Gasteiger partial charge >= 0.3 is 0 Å². The molecule has 3 aromatic rings. The fourth-order valence-electron chi connectivity index (χ4n) is 2.75. The smallest absolute Gasteiger partial charge is 0.169 e. The molecule has 0 saturated heterocycles. The number of pyridine rings is 1. The van der Waals surface area contributed by atoms with Crippen molar-refractivity contribution < 1.29 is 9.47 Å². The second kappa shape index (κ2) is 7.21. The molecule has 5 nitrogen and oxygen atoms in total. The lowest BCUT2D eigenvalue weighted by atomic mass is 10.1. The molecule has 0 aliphatic rings. The number of para-hydroxylation sites is 1. The Kier molecular flexibility index (Phi) is 4.84. The third kappa shape index (κ3) is 3.55. The van der Waals surface area contributed by atoms with Gasteiger partial charge in [-0.05, 0) is 49.7 Å². The van der Waals surface area contributed by atoms with Gasteiger partial charge in [0.2, 0.25) is 0 Å². The number of benzene rings is 2. The Bertz CT molecular complexity index is 936. The second-order valence-corrected chi connectivity index (χ2v) is 5.80. The van der Waals surface area contributed by atoms with Crippen LogP contribution in [0.4, 0.5) is 5.82 Å². The van der Waals surface area contributed by atoms with Gasteiger partial charge in [0.05, 0.1) is 26.0 Å². The molecule has 0 spiro atoms. The number of nitrogens with zero attached hydrogens (tertiary/aromatic N) is 2. The largest absolute Gasteiger partial charge is 0.493 e. The zero-order valence-corrected chi connectivity index (χ0v) is 14.8. The number of nitrogens with one attached hydrogen (secondary N) is 1. The summed E-state index contributed by atoms with van der Waals surface area (Å²) < 4.78 is 10.7. The third-order valence-corrected chi connectivity index (χ3v) is 3.99. The Morgan fingerprint density at radius 1 is 1.04 bits per heavy atom. The highest BCUT2D eigenvalue weighted by molar-refractivity contribution is 5.86. The van der Waals surface area contributed by atoms with Gasteiger partial charge in [-0.15, -0.1) is 0 Å². The summed E-state index contributed by atoms with van der Waals surface area (Å²) in [6.45, 7) is 4.15. The van der Waals surface area contributed by atoms with E-state index in [2.05, 4.69) is 41.5 Å². The summed E-state index contributed by atoms with van der Waals surface area (Å²) in [5.41, 5.74) is 7.14. The quantitative estimate of drug-likeness (QED) is 0.557. The Balaban J connectivity index is 1.86. The van der Waals surface area contributed by atoms with E-state index in [1.54, 1.807) is 20.4 Å². The number of anilines is 1. The van der Waals surface area contributed by atoms with Crippen LogP contribution in [-0.4, -0.2) is 25.4 Å². The number of rotatable bonds is 5. The van der Waals surface area contributed by atoms with Crippen LogP contribution in [-0.2, 0) is 0 Å². The molecule has 5 heteroatoms. The van der Waals surface area contributed by atoms with Crippen LogP contribution in [0.25, 0.3) is 10.9 Å². The van der Waals surface area contributed by atoms with E-state index < -0.39 is 0 Å². The van der Waals surface area contributed by atoms with Gasteiger partial charge in [-0.2, -0.15) is 5.10 Å². The standard InChI is InChI=1S/C20H21N3O2/c1-13-8-9-17-16(10-13)14(2)11-19(22-17)23-21-12-15-6-5-7-18(24-3)20(15)25-4/h5-12H,1-4H3,(H,22,23). The summed E-state index contributed by atoms with van der Waals surface area (Å²) in [5, 5.41) is 5.44. The van der Waals surface area contributed by atoms with Crippen LogP contribution >= 0.6 is 0 Å². The van der Waals surface area contributed by atoms with E-state index in [4.69, 9.17) is 9.47 Å². The molecule has 25 heavy (non-hydrogen) atoms. The highest BCUT2D eigenvalue weighted by Crippen LogP contribution is 2.29. The number of hydrogen-bond donors (Lipinski definition) is 1. The third-order valence-electron chi connectivity index (χ3n) is 3.99. The molecule has 0 bridgehead atoms. The Morgan fingerprint density at radius 2 is 1.88 bits per heavy atom. The predicted molar refractivity (Wildman–Crippen MR) is 102 cm³/mol. The topological polar surface area (TPSA) is 55.7 Å². The molecule has 0 atom stereocenters. The fourth-order valence-corrected chi connectivity index (χ4v) is 2.75. The highest BCUT2D eigenvalue weighted by Gasteiger charge is 2.07. The van der Waals surface area contributed by atoms with E-state index in [0.29, 0.717) is 17.3 Å². The predicted octanol–water partition coefficient (Wildman–Crippen LogP) is 4.31.